The van der Waals surface area contributed by atoms with Gasteiger partial charge in [0.25, 0.3) is 0 Å². The van der Waals surface area contributed by atoms with Gasteiger partial charge in [-0.2, -0.15) is 0 Å². The van der Waals surface area contributed by atoms with Gasteiger partial charge >= 0.3 is 0 Å². The molecule has 0 atom stereocenters. The van der Waals surface area contributed by atoms with Gasteiger partial charge < -0.3 is 19.4 Å². The molecule has 0 bridgehead atoms. The molecule has 0 N–H and O–H groups in total. The van der Waals surface area contributed by atoms with E-state index in [-0.39, 0.29) is 11.8 Å². The molecule has 0 aromatic rings. The first-order valence-electron chi connectivity index (χ1n) is 9.80. The molecule has 0 aliphatic carbocycles. The smallest absolute Gasteiger partial charge is 0.236 e. The summed E-state index contributed by atoms with van der Waals surface area (Å²) in [5.41, 5.74) is 0. The second-order valence-electron chi connectivity index (χ2n) is 7.30. The van der Waals surface area contributed by atoms with Crippen molar-refractivity contribution in [3.05, 3.63) is 0 Å². The number of nitrogens with zero attached hydrogens (tertiary/aromatic N) is 4. The average molecular weight is 352 g/mol. The summed E-state index contributed by atoms with van der Waals surface area (Å²) in [5.74, 6) is 0.529. The zero-order valence-electron chi connectivity index (χ0n) is 15.3. The molecule has 0 aromatic carbocycles. The molecule has 3 heterocycles. The Morgan fingerprint density at radius 1 is 0.680 bits per heavy atom. The van der Waals surface area contributed by atoms with E-state index >= 15 is 0 Å². The maximum atomic E-state index is 12.3. The van der Waals surface area contributed by atoms with Gasteiger partial charge in [0.15, 0.2) is 0 Å². The van der Waals surface area contributed by atoms with Crippen LogP contribution in [0.5, 0.6) is 0 Å². The van der Waals surface area contributed by atoms with Crippen molar-refractivity contribution in [1.29, 1.82) is 0 Å². The van der Waals surface area contributed by atoms with Crippen LogP contribution in [0.15, 0.2) is 0 Å². The normalized spacial score (nSPS) is 23.7. The summed E-state index contributed by atoms with van der Waals surface area (Å²) in [6, 6.07) is 0. The standard InChI is InChI=1S/C18H32N4O3/c23-17(22-12-14-25-15-13-22)4-7-19-8-10-20(11-9-19)16-18(24)21-5-2-1-3-6-21/h1-16H2. The number of piperidine rings is 1. The van der Waals surface area contributed by atoms with Crippen LogP contribution in [0.25, 0.3) is 0 Å². The van der Waals surface area contributed by atoms with Gasteiger partial charge in [0.1, 0.15) is 0 Å². The third-order valence-corrected chi connectivity index (χ3v) is 5.54. The highest BCUT2D eigenvalue weighted by Crippen LogP contribution is 2.10. The van der Waals surface area contributed by atoms with Crippen molar-refractivity contribution in [3.8, 4) is 0 Å². The SMILES string of the molecule is O=C(CCN1CCN(CC(=O)N2CCCCC2)CC1)N1CCOCC1. The lowest BCUT2D eigenvalue weighted by atomic mass is 10.1. The predicted octanol–water partition coefficient (Wildman–Crippen LogP) is -0.135. The van der Waals surface area contributed by atoms with E-state index in [9.17, 15) is 9.59 Å². The minimum absolute atomic E-state index is 0.242. The number of likely N-dealkylation sites (tertiary alicyclic amines) is 1. The second kappa shape index (κ2) is 9.50. The molecule has 3 rings (SSSR count). The zero-order chi connectivity index (χ0) is 17.5. The Labute approximate surface area is 150 Å². The van der Waals surface area contributed by atoms with E-state index in [1.165, 1.54) is 6.42 Å². The lowest BCUT2D eigenvalue weighted by molar-refractivity contribution is -0.135. The summed E-state index contributed by atoms with van der Waals surface area (Å²) in [5, 5.41) is 0. The number of rotatable bonds is 5. The molecule has 3 aliphatic heterocycles. The van der Waals surface area contributed by atoms with Crippen LogP contribution in [0.4, 0.5) is 0 Å². The van der Waals surface area contributed by atoms with E-state index in [4.69, 9.17) is 4.74 Å². The van der Waals surface area contributed by atoms with Crippen LogP contribution in [0, 0.1) is 0 Å². The monoisotopic (exact) mass is 352 g/mol. The molecule has 7 heteroatoms. The molecule has 3 saturated heterocycles. The van der Waals surface area contributed by atoms with Crippen LogP contribution in [-0.2, 0) is 14.3 Å². The largest absolute Gasteiger partial charge is 0.378 e. The molecule has 3 fully saturated rings. The van der Waals surface area contributed by atoms with Crippen molar-refractivity contribution in [2.24, 2.45) is 0 Å². The first kappa shape index (κ1) is 18.6. The number of piperazine rings is 1. The molecule has 0 saturated carbocycles. The molecule has 0 spiro atoms. The van der Waals surface area contributed by atoms with Gasteiger partial charge in [-0.3, -0.25) is 14.5 Å². The summed E-state index contributed by atoms with van der Waals surface area (Å²) in [6.45, 7) is 9.76. The maximum absolute atomic E-state index is 12.3. The number of hydrogen-bond donors (Lipinski definition) is 0. The van der Waals surface area contributed by atoms with Gasteiger partial charge in [-0.15, -0.1) is 0 Å². The topological polar surface area (TPSA) is 56.3 Å². The van der Waals surface area contributed by atoms with Crippen LogP contribution in [0.1, 0.15) is 25.7 Å². The van der Waals surface area contributed by atoms with Crippen molar-refractivity contribution in [2.75, 3.05) is 78.7 Å². The van der Waals surface area contributed by atoms with E-state index in [0.717, 1.165) is 71.7 Å². The van der Waals surface area contributed by atoms with E-state index < -0.39 is 0 Å². The highest BCUT2D eigenvalue weighted by molar-refractivity contribution is 5.78. The predicted molar refractivity (Wildman–Crippen MR) is 95.3 cm³/mol. The highest BCUT2D eigenvalue weighted by Gasteiger charge is 2.23. The van der Waals surface area contributed by atoms with E-state index in [1.54, 1.807) is 0 Å². The van der Waals surface area contributed by atoms with Gasteiger partial charge in [-0.05, 0) is 19.3 Å². The zero-order valence-corrected chi connectivity index (χ0v) is 15.3. The number of ether oxygens (including phenoxy) is 1. The van der Waals surface area contributed by atoms with Crippen LogP contribution < -0.4 is 0 Å². The quantitative estimate of drug-likeness (QED) is 0.690. The Morgan fingerprint density at radius 3 is 1.96 bits per heavy atom. The van der Waals surface area contributed by atoms with Crippen molar-refractivity contribution >= 4 is 11.8 Å². The Bertz CT molecular complexity index is 440. The van der Waals surface area contributed by atoms with Crippen LogP contribution in [0.3, 0.4) is 0 Å². The van der Waals surface area contributed by atoms with Crippen molar-refractivity contribution in [3.63, 3.8) is 0 Å². The molecule has 2 amide bonds. The fourth-order valence-electron chi connectivity index (χ4n) is 3.83. The molecule has 142 valence electrons. The van der Waals surface area contributed by atoms with Gasteiger partial charge in [-0.25, -0.2) is 0 Å². The Kier molecular flexibility index (Phi) is 7.07. The van der Waals surface area contributed by atoms with Gasteiger partial charge in [0.2, 0.25) is 11.8 Å². The number of carbonyl (C=O) groups excluding carboxylic acids is 2. The number of amides is 2. The van der Waals surface area contributed by atoms with Crippen LogP contribution in [-0.4, -0.2) is 110 Å². The summed E-state index contributed by atoms with van der Waals surface area (Å²) in [4.78, 5) is 33.1. The summed E-state index contributed by atoms with van der Waals surface area (Å²) in [7, 11) is 0. The molecule has 25 heavy (non-hydrogen) atoms. The molecule has 0 unspecified atom stereocenters. The average Bonchev–Trinajstić information content (AvgIpc) is 2.68. The number of hydrogen-bond acceptors (Lipinski definition) is 5. The number of carbonyl (C=O) groups is 2. The lowest BCUT2D eigenvalue weighted by Gasteiger charge is -2.36. The van der Waals surface area contributed by atoms with E-state index in [2.05, 4.69) is 9.80 Å². The Hall–Kier alpha value is -1.18. The number of morpholine rings is 1. The van der Waals surface area contributed by atoms with Crippen LogP contribution in [0.2, 0.25) is 0 Å². The minimum Gasteiger partial charge on any atom is -0.378 e. The van der Waals surface area contributed by atoms with Crippen molar-refractivity contribution < 1.29 is 14.3 Å². The molecule has 3 aliphatic rings. The van der Waals surface area contributed by atoms with Gasteiger partial charge in [0, 0.05) is 65.3 Å². The van der Waals surface area contributed by atoms with Crippen molar-refractivity contribution in [1.82, 2.24) is 19.6 Å². The van der Waals surface area contributed by atoms with E-state index in [0.29, 0.717) is 26.2 Å². The lowest BCUT2D eigenvalue weighted by Crippen LogP contribution is -2.51. The summed E-state index contributed by atoms with van der Waals surface area (Å²) in [6.07, 6.45) is 4.14. The first-order valence-corrected chi connectivity index (χ1v) is 9.80. The molecule has 0 radical (unpaired) electrons. The second-order valence-corrected chi connectivity index (χ2v) is 7.30. The van der Waals surface area contributed by atoms with Crippen molar-refractivity contribution in [2.45, 2.75) is 25.7 Å². The van der Waals surface area contributed by atoms with Gasteiger partial charge in [0.05, 0.1) is 19.8 Å². The van der Waals surface area contributed by atoms with E-state index in [1.807, 2.05) is 9.80 Å². The first-order chi connectivity index (χ1) is 12.2. The maximum Gasteiger partial charge on any atom is 0.236 e. The minimum atomic E-state index is 0.242. The molecular formula is C18H32N4O3. The summed E-state index contributed by atoms with van der Waals surface area (Å²) < 4.78 is 5.29. The third kappa shape index (κ3) is 5.66. The summed E-state index contributed by atoms with van der Waals surface area (Å²) >= 11 is 0. The molecule has 7 nitrogen and oxygen atoms in total. The van der Waals surface area contributed by atoms with Crippen LogP contribution >= 0.6 is 0 Å². The third-order valence-electron chi connectivity index (χ3n) is 5.54. The highest BCUT2D eigenvalue weighted by atomic mass is 16.5. The Morgan fingerprint density at radius 2 is 1.28 bits per heavy atom. The van der Waals surface area contributed by atoms with Gasteiger partial charge in [-0.1, -0.05) is 0 Å². The fourth-order valence-corrected chi connectivity index (χ4v) is 3.83. The fraction of sp³-hybridized carbons (Fsp3) is 0.889. The molecule has 0 aromatic heterocycles. The molecular weight excluding hydrogens is 320 g/mol. The Balaban J connectivity index is 1.31.